The lowest BCUT2D eigenvalue weighted by molar-refractivity contribution is -0.274. The van der Waals surface area contributed by atoms with Crippen LogP contribution in [0.4, 0.5) is 24.8 Å². The molecular weight excluding hydrogens is 487 g/mol. The fourth-order valence-corrected chi connectivity index (χ4v) is 4.25. The van der Waals surface area contributed by atoms with E-state index in [1.165, 1.54) is 70.6 Å². The summed E-state index contributed by atoms with van der Waals surface area (Å²) in [6, 6.07) is 8.85. The Labute approximate surface area is 214 Å². The number of methoxy groups -OCH3 is 2. The van der Waals surface area contributed by atoms with Gasteiger partial charge < -0.3 is 24.5 Å². The van der Waals surface area contributed by atoms with Crippen LogP contribution in [0.3, 0.4) is 0 Å². The molecule has 10 heteroatoms. The molecule has 1 aliphatic carbocycles. The summed E-state index contributed by atoms with van der Waals surface area (Å²) in [5.74, 6) is 0.356. The minimum atomic E-state index is -4.74. The molecule has 0 atom stereocenters. The number of aromatic amines is 1. The molecule has 0 unspecified atom stereocenters. The number of esters is 1. The molecule has 1 aromatic heterocycles. The van der Waals surface area contributed by atoms with Crippen LogP contribution < -0.4 is 14.8 Å². The van der Waals surface area contributed by atoms with Crippen molar-refractivity contribution in [2.75, 3.05) is 19.5 Å². The van der Waals surface area contributed by atoms with E-state index in [1.54, 1.807) is 6.07 Å². The Balaban J connectivity index is 0.000000405. The molecule has 202 valence electrons. The van der Waals surface area contributed by atoms with Crippen molar-refractivity contribution in [3.63, 3.8) is 0 Å². The largest absolute Gasteiger partial charge is 0.573 e. The molecule has 4 rings (SSSR count). The Morgan fingerprint density at radius 1 is 1.08 bits per heavy atom. The van der Waals surface area contributed by atoms with Crippen molar-refractivity contribution in [3.8, 4) is 11.5 Å². The zero-order valence-corrected chi connectivity index (χ0v) is 21.6. The van der Waals surface area contributed by atoms with Gasteiger partial charge in [-0.3, -0.25) is 4.79 Å². The molecule has 3 aromatic rings. The van der Waals surface area contributed by atoms with E-state index >= 15 is 0 Å². The van der Waals surface area contributed by atoms with Crippen LogP contribution >= 0.6 is 0 Å². The first-order chi connectivity index (χ1) is 17.5. The minimum Gasteiger partial charge on any atom is -0.496 e. The fraction of sp³-hybridized carbons (Fsp3) is 0.481. The van der Waals surface area contributed by atoms with Crippen LogP contribution in [0.5, 0.6) is 11.5 Å². The summed E-state index contributed by atoms with van der Waals surface area (Å²) in [5.41, 5.74) is 3.36. The number of imidazole rings is 1. The van der Waals surface area contributed by atoms with Crippen molar-refractivity contribution in [1.82, 2.24) is 9.97 Å². The number of aromatic nitrogens is 2. The van der Waals surface area contributed by atoms with Crippen LogP contribution in [0.1, 0.15) is 57.9 Å². The average Bonchev–Trinajstić information content (AvgIpc) is 3.23. The summed E-state index contributed by atoms with van der Waals surface area (Å²) in [4.78, 5) is 18.9. The Bertz CT molecular complexity index is 1170. The van der Waals surface area contributed by atoms with E-state index in [0.717, 1.165) is 5.56 Å². The number of carbonyl (C=O) groups excluding carboxylic acids is 1. The smallest absolute Gasteiger partial charge is 0.496 e. The number of carbonyl (C=O) groups is 1. The molecule has 0 aliphatic heterocycles. The number of aryl methyl sites for hydroxylation is 1. The molecule has 0 amide bonds. The van der Waals surface area contributed by atoms with E-state index in [1.807, 2.05) is 6.07 Å². The van der Waals surface area contributed by atoms with Crippen LogP contribution in [0, 0.1) is 5.41 Å². The van der Waals surface area contributed by atoms with Crippen LogP contribution in [0.25, 0.3) is 11.0 Å². The first kappa shape index (κ1) is 28.1. The van der Waals surface area contributed by atoms with Crippen molar-refractivity contribution in [2.24, 2.45) is 5.41 Å². The molecule has 7 nitrogen and oxygen atoms in total. The van der Waals surface area contributed by atoms with E-state index in [2.05, 4.69) is 38.6 Å². The predicted octanol–water partition coefficient (Wildman–Crippen LogP) is 7.30. The number of fused-ring (bicyclic) bond motifs is 1. The predicted molar refractivity (Wildman–Crippen MR) is 136 cm³/mol. The molecule has 2 aromatic carbocycles. The third-order valence-electron chi connectivity index (χ3n) is 6.27. The number of hydrogen-bond acceptors (Lipinski definition) is 6. The number of hydrogen-bond donors (Lipinski definition) is 2. The lowest BCUT2D eigenvalue weighted by atomic mass is 9.78. The number of rotatable bonds is 7. The number of ether oxygens (including phenoxy) is 3. The summed E-state index contributed by atoms with van der Waals surface area (Å²) in [5, 5.41) is 2.98. The molecular formula is C27H34F3N3O4. The van der Waals surface area contributed by atoms with E-state index < -0.39 is 6.36 Å². The van der Waals surface area contributed by atoms with Crippen molar-refractivity contribution in [3.05, 3.63) is 42.0 Å². The SMILES string of the molecule is CC1(C)CCCCC1.COC(=O)CCc1cc2[nH]c(Nc3ccc(OC(F)(F)F)cc3)nc2cc1OC. The maximum atomic E-state index is 12.2. The van der Waals surface area contributed by atoms with Gasteiger partial charge in [-0.15, -0.1) is 13.2 Å². The third-order valence-corrected chi connectivity index (χ3v) is 6.27. The summed E-state index contributed by atoms with van der Waals surface area (Å²) in [7, 11) is 2.86. The fourth-order valence-electron chi connectivity index (χ4n) is 4.25. The maximum Gasteiger partial charge on any atom is 0.573 e. The first-order valence-corrected chi connectivity index (χ1v) is 12.2. The van der Waals surface area contributed by atoms with Gasteiger partial charge in [0.1, 0.15) is 11.5 Å². The third kappa shape index (κ3) is 8.87. The van der Waals surface area contributed by atoms with Crippen LogP contribution in [-0.4, -0.2) is 36.5 Å². The number of nitrogens with one attached hydrogen (secondary N) is 2. The lowest BCUT2D eigenvalue weighted by Crippen LogP contribution is -2.16. The molecule has 1 saturated carbocycles. The molecule has 37 heavy (non-hydrogen) atoms. The number of halogens is 3. The van der Waals surface area contributed by atoms with Gasteiger partial charge >= 0.3 is 12.3 Å². The highest BCUT2D eigenvalue weighted by Gasteiger charge is 2.31. The van der Waals surface area contributed by atoms with Crippen LogP contribution in [0.2, 0.25) is 0 Å². The summed E-state index contributed by atoms with van der Waals surface area (Å²) in [6.45, 7) is 4.76. The van der Waals surface area contributed by atoms with Crippen molar-refractivity contribution < 1.29 is 32.2 Å². The van der Waals surface area contributed by atoms with Crippen LogP contribution in [0.15, 0.2) is 36.4 Å². The van der Waals surface area contributed by atoms with Gasteiger partial charge in [0, 0.05) is 18.2 Å². The first-order valence-electron chi connectivity index (χ1n) is 12.2. The van der Waals surface area contributed by atoms with Gasteiger partial charge in [0.2, 0.25) is 5.95 Å². The Kier molecular flexibility index (Phi) is 9.29. The highest BCUT2D eigenvalue weighted by molar-refractivity contribution is 5.81. The molecule has 0 spiro atoms. The summed E-state index contributed by atoms with van der Waals surface area (Å²) in [6.07, 6.45) is 3.22. The maximum absolute atomic E-state index is 12.2. The van der Waals surface area contributed by atoms with Gasteiger partial charge in [-0.2, -0.15) is 0 Å². The van der Waals surface area contributed by atoms with E-state index in [0.29, 0.717) is 40.3 Å². The van der Waals surface area contributed by atoms with Gasteiger partial charge in [-0.1, -0.05) is 33.1 Å². The average molecular weight is 522 g/mol. The molecule has 0 bridgehead atoms. The topological polar surface area (TPSA) is 85.5 Å². The Morgan fingerprint density at radius 3 is 2.30 bits per heavy atom. The lowest BCUT2D eigenvalue weighted by Gasteiger charge is -2.28. The Hall–Kier alpha value is -3.43. The second-order valence-corrected chi connectivity index (χ2v) is 9.76. The summed E-state index contributed by atoms with van der Waals surface area (Å²) < 4.78 is 50.6. The van der Waals surface area contributed by atoms with Crippen molar-refractivity contribution in [1.29, 1.82) is 0 Å². The van der Waals surface area contributed by atoms with Gasteiger partial charge in [0.15, 0.2) is 0 Å². The monoisotopic (exact) mass is 521 g/mol. The zero-order valence-electron chi connectivity index (χ0n) is 21.6. The van der Waals surface area contributed by atoms with Gasteiger partial charge in [-0.05, 0) is 60.6 Å². The minimum absolute atomic E-state index is 0.212. The van der Waals surface area contributed by atoms with E-state index in [9.17, 15) is 18.0 Å². The number of anilines is 2. The normalized spacial score (nSPS) is 14.9. The number of nitrogens with zero attached hydrogens (tertiary/aromatic N) is 1. The zero-order chi connectivity index (χ0) is 27.1. The quantitative estimate of drug-likeness (QED) is 0.318. The van der Waals surface area contributed by atoms with Gasteiger partial charge in [0.05, 0.1) is 25.3 Å². The Morgan fingerprint density at radius 2 is 1.76 bits per heavy atom. The number of benzene rings is 2. The van der Waals surface area contributed by atoms with E-state index in [4.69, 9.17) is 4.74 Å². The van der Waals surface area contributed by atoms with E-state index in [-0.39, 0.29) is 18.1 Å². The molecule has 1 aliphatic rings. The molecule has 0 saturated heterocycles. The molecule has 2 N–H and O–H groups in total. The standard InChI is InChI=1S/C19H18F3N3O4.C8H16/c1-27-16-10-15-14(9-11(16)3-8-17(26)28-2)24-18(25-15)23-12-4-6-13(7-5-12)29-19(20,21)22;1-8(2)6-4-3-5-7-8/h4-7,9-10H,3,8H2,1-2H3,(H2,23,24,25);3-7H2,1-2H3. The van der Waals surface area contributed by atoms with Crippen molar-refractivity contribution in [2.45, 2.75) is 65.2 Å². The highest BCUT2D eigenvalue weighted by Crippen LogP contribution is 2.34. The molecule has 0 radical (unpaired) electrons. The van der Waals surface area contributed by atoms with Gasteiger partial charge in [-0.25, -0.2) is 4.98 Å². The second-order valence-electron chi connectivity index (χ2n) is 9.76. The van der Waals surface area contributed by atoms with Crippen LogP contribution in [-0.2, 0) is 16.0 Å². The second kappa shape index (κ2) is 12.2. The summed E-state index contributed by atoms with van der Waals surface area (Å²) >= 11 is 0. The molecule has 1 heterocycles. The number of alkyl halides is 3. The van der Waals surface area contributed by atoms with Crippen molar-refractivity contribution >= 4 is 28.6 Å². The van der Waals surface area contributed by atoms with Gasteiger partial charge in [0.25, 0.3) is 0 Å². The highest BCUT2D eigenvalue weighted by atomic mass is 19.4. The molecule has 1 fully saturated rings. The number of H-pyrrole nitrogens is 1.